The van der Waals surface area contributed by atoms with E-state index in [1.807, 2.05) is 31.7 Å². The van der Waals surface area contributed by atoms with Gasteiger partial charge >= 0.3 is 5.97 Å². The Morgan fingerprint density at radius 3 is 2.30 bits per heavy atom. The number of fused-ring (bicyclic) bond motifs is 1. The molecule has 1 fully saturated rings. The fourth-order valence-corrected chi connectivity index (χ4v) is 4.58. The Bertz CT molecular complexity index is 827. The molecule has 1 aromatic carbocycles. The summed E-state index contributed by atoms with van der Waals surface area (Å²) in [5, 5.41) is 19.8. The molecule has 30 heavy (non-hydrogen) atoms. The van der Waals surface area contributed by atoms with Gasteiger partial charge in [0.1, 0.15) is 11.5 Å². The van der Waals surface area contributed by atoms with Gasteiger partial charge in [0, 0.05) is 49.3 Å². The minimum atomic E-state index is -0.957. The Kier molecular flexibility index (Phi) is 6.32. The van der Waals surface area contributed by atoms with Crippen LogP contribution < -0.4 is 4.74 Å². The van der Waals surface area contributed by atoms with Gasteiger partial charge in [-0.05, 0) is 31.2 Å². The topological polar surface area (TPSA) is 90.3 Å². The molecule has 0 bridgehead atoms. The smallest absolute Gasteiger partial charge is 0.317 e. The lowest BCUT2D eigenvalue weighted by Crippen LogP contribution is -2.58. The number of phenols is 1. The second-order valence-electron chi connectivity index (χ2n) is 9.31. The molecule has 2 aliphatic rings. The van der Waals surface area contributed by atoms with Crippen molar-refractivity contribution in [2.24, 2.45) is 0 Å². The van der Waals surface area contributed by atoms with Crippen LogP contribution in [0, 0.1) is 0 Å². The number of benzene rings is 1. The molecule has 7 heteroatoms. The molecule has 0 radical (unpaired) electrons. The normalized spacial score (nSPS) is 22.2. The third-order valence-corrected chi connectivity index (χ3v) is 6.30. The van der Waals surface area contributed by atoms with E-state index in [-0.39, 0.29) is 24.3 Å². The molecule has 1 unspecified atom stereocenters. The molecule has 0 aliphatic carbocycles. The molecule has 2 N–H and O–H groups in total. The number of carboxylic acid groups (broad SMARTS) is 1. The summed E-state index contributed by atoms with van der Waals surface area (Å²) >= 11 is 0. The van der Waals surface area contributed by atoms with Crippen LogP contribution in [0.1, 0.15) is 69.6 Å². The van der Waals surface area contributed by atoms with Crippen molar-refractivity contribution in [3.63, 3.8) is 0 Å². The van der Waals surface area contributed by atoms with Crippen LogP contribution in [0.3, 0.4) is 0 Å². The largest absolute Gasteiger partial charge is 0.507 e. The molecule has 166 valence electrons. The number of hydrogen-bond donors (Lipinski definition) is 2. The van der Waals surface area contributed by atoms with E-state index in [1.165, 1.54) is 0 Å². The van der Waals surface area contributed by atoms with Gasteiger partial charge in [-0.1, -0.05) is 27.7 Å². The number of phenolic OH excluding ortho intramolecular Hbond substituents is 1. The summed E-state index contributed by atoms with van der Waals surface area (Å²) in [4.78, 5) is 27.9. The maximum absolute atomic E-state index is 13.3. The van der Waals surface area contributed by atoms with E-state index in [1.54, 1.807) is 4.90 Å². The molecule has 1 atom stereocenters. The van der Waals surface area contributed by atoms with Gasteiger partial charge in [0.2, 0.25) is 0 Å². The predicted octanol–water partition coefficient (Wildman–Crippen LogP) is 2.95. The second-order valence-corrected chi connectivity index (χ2v) is 9.31. The standard InChI is InChI=1S/C23H34N2O5/c1-14(2)17-12-18-16(20(15(3)4)21(17)28)6-7-23(5,30-18)22(29)25-10-8-24(9-11-25)13-19(26)27/h12,14-15,28H,6-11,13H2,1-5H3,(H,26,27). The minimum absolute atomic E-state index is 0.00260. The van der Waals surface area contributed by atoms with E-state index in [0.29, 0.717) is 50.5 Å². The fraction of sp³-hybridized carbons (Fsp3) is 0.652. The third kappa shape index (κ3) is 4.26. The van der Waals surface area contributed by atoms with Crippen LogP contribution in [-0.2, 0) is 16.0 Å². The molecule has 2 heterocycles. The number of piperazine rings is 1. The van der Waals surface area contributed by atoms with Crippen LogP contribution in [0.25, 0.3) is 0 Å². The highest BCUT2D eigenvalue weighted by Gasteiger charge is 2.43. The summed E-state index contributed by atoms with van der Waals surface area (Å²) in [5.74, 6) is 0.456. The summed E-state index contributed by atoms with van der Waals surface area (Å²) in [5.41, 5.74) is 1.81. The summed E-state index contributed by atoms with van der Waals surface area (Å²) in [7, 11) is 0. The second kappa shape index (κ2) is 8.46. The zero-order chi connectivity index (χ0) is 22.2. The van der Waals surface area contributed by atoms with Gasteiger partial charge in [0.15, 0.2) is 5.60 Å². The molecule has 1 aromatic rings. The van der Waals surface area contributed by atoms with Crippen LogP contribution in [0.5, 0.6) is 11.5 Å². The van der Waals surface area contributed by atoms with Crippen LogP contribution >= 0.6 is 0 Å². The SMILES string of the molecule is CC(C)c1cc2c(c(C(C)C)c1O)CCC(C)(C(=O)N1CCN(CC(=O)O)CC1)O2. The van der Waals surface area contributed by atoms with Crippen LogP contribution in [0.4, 0.5) is 0 Å². The molecular formula is C23H34N2O5. The lowest BCUT2D eigenvalue weighted by atomic mass is 9.83. The Labute approximate surface area is 178 Å². The Balaban J connectivity index is 1.82. The van der Waals surface area contributed by atoms with Gasteiger partial charge < -0.3 is 19.8 Å². The first-order chi connectivity index (χ1) is 14.0. The van der Waals surface area contributed by atoms with Crippen molar-refractivity contribution in [3.05, 3.63) is 22.8 Å². The minimum Gasteiger partial charge on any atom is -0.507 e. The highest BCUT2D eigenvalue weighted by Crippen LogP contribution is 2.45. The number of amides is 1. The van der Waals surface area contributed by atoms with Crippen LogP contribution in [0.15, 0.2) is 6.07 Å². The molecule has 0 spiro atoms. The summed E-state index contributed by atoms with van der Waals surface area (Å²) in [6.07, 6.45) is 1.23. The van der Waals surface area contributed by atoms with Gasteiger partial charge in [0.05, 0.1) is 6.54 Å². The number of rotatable bonds is 5. The van der Waals surface area contributed by atoms with Gasteiger partial charge in [-0.2, -0.15) is 0 Å². The molecular weight excluding hydrogens is 384 g/mol. The average molecular weight is 419 g/mol. The first kappa shape index (κ1) is 22.4. The summed E-state index contributed by atoms with van der Waals surface area (Å²) < 4.78 is 6.35. The Morgan fingerprint density at radius 2 is 1.77 bits per heavy atom. The maximum atomic E-state index is 13.3. The van der Waals surface area contributed by atoms with Crippen molar-refractivity contribution >= 4 is 11.9 Å². The Morgan fingerprint density at radius 1 is 1.13 bits per heavy atom. The van der Waals surface area contributed by atoms with Crippen LogP contribution in [-0.4, -0.2) is 70.2 Å². The van der Waals surface area contributed by atoms with Crippen molar-refractivity contribution < 1.29 is 24.5 Å². The third-order valence-electron chi connectivity index (χ3n) is 6.30. The molecule has 3 rings (SSSR count). The molecule has 1 amide bonds. The molecule has 0 saturated carbocycles. The first-order valence-corrected chi connectivity index (χ1v) is 10.8. The van der Waals surface area contributed by atoms with E-state index < -0.39 is 11.6 Å². The molecule has 2 aliphatic heterocycles. The zero-order valence-electron chi connectivity index (χ0n) is 18.7. The number of ether oxygens (including phenoxy) is 1. The van der Waals surface area contributed by atoms with Gasteiger partial charge in [-0.15, -0.1) is 0 Å². The monoisotopic (exact) mass is 418 g/mol. The van der Waals surface area contributed by atoms with Crippen molar-refractivity contribution in [2.75, 3.05) is 32.7 Å². The number of carbonyl (C=O) groups is 2. The lowest BCUT2D eigenvalue weighted by Gasteiger charge is -2.42. The van der Waals surface area contributed by atoms with E-state index in [0.717, 1.165) is 16.7 Å². The molecule has 0 aromatic heterocycles. The van der Waals surface area contributed by atoms with Gasteiger partial charge in [0.25, 0.3) is 5.91 Å². The highest BCUT2D eigenvalue weighted by atomic mass is 16.5. The van der Waals surface area contributed by atoms with E-state index in [2.05, 4.69) is 13.8 Å². The van der Waals surface area contributed by atoms with Gasteiger partial charge in [-0.3, -0.25) is 14.5 Å². The predicted molar refractivity (Wildman–Crippen MR) is 114 cm³/mol. The van der Waals surface area contributed by atoms with Crippen molar-refractivity contribution in [1.29, 1.82) is 0 Å². The number of carbonyl (C=O) groups excluding carboxylic acids is 1. The number of nitrogens with zero attached hydrogens (tertiary/aromatic N) is 2. The Hall–Kier alpha value is -2.28. The molecule has 1 saturated heterocycles. The van der Waals surface area contributed by atoms with E-state index in [4.69, 9.17) is 9.84 Å². The lowest BCUT2D eigenvalue weighted by molar-refractivity contribution is -0.150. The number of carboxylic acids is 1. The number of hydrogen-bond acceptors (Lipinski definition) is 5. The first-order valence-electron chi connectivity index (χ1n) is 10.8. The van der Waals surface area contributed by atoms with E-state index in [9.17, 15) is 14.7 Å². The van der Waals surface area contributed by atoms with Crippen LogP contribution in [0.2, 0.25) is 0 Å². The number of aliphatic carboxylic acids is 1. The average Bonchev–Trinajstić information content (AvgIpc) is 2.66. The van der Waals surface area contributed by atoms with Gasteiger partial charge in [-0.25, -0.2) is 0 Å². The maximum Gasteiger partial charge on any atom is 0.317 e. The highest BCUT2D eigenvalue weighted by molar-refractivity contribution is 5.86. The number of aromatic hydroxyl groups is 1. The summed E-state index contributed by atoms with van der Waals surface area (Å²) in [6.45, 7) is 12.2. The fourth-order valence-electron chi connectivity index (χ4n) is 4.58. The van der Waals surface area contributed by atoms with Crippen molar-refractivity contribution in [1.82, 2.24) is 9.80 Å². The summed E-state index contributed by atoms with van der Waals surface area (Å²) in [6, 6.07) is 1.90. The van der Waals surface area contributed by atoms with E-state index >= 15 is 0 Å². The zero-order valence-corrected chi connectivity index (χ0v) is 18.7. The van der Waals surface area contributed by atoms with Crippen molar-refractivity contribution in [2.45, 2.75) is 64.9 Å². The molecule has 7 nitrogen and oxygen atoms in total. The quantitative estimate of drug-likeness (QED) is 0.764. The van der Waals surface area contributed by atoms with Crippen molar-refractivity contribution in [3.8, 4) is 11.5 Å².